The minimum absolute atomic E-state index is 0.0513. The Kier molecular flexibility index (Phi) is 7.44. The van der Waals surface area contributed by atoms with E-state index in [-0.39, 0.29) is 24.5 Å². The lowest BCUT2D eigenvalue weighted by molar-refractivity contribution is -0.150. The molecule has 150 valence electrons. The lowest BCUT2D eigenvalue weighted by atomic mass is 9.87. The van der Waals surface area contributed by atoms with Gasteiger partial charge in [-0.25, -0.2) is 4.79 Å². The van der Waals surface area contributed by atoms with E-state index in [0.717, 1.165) is 5.56 Å². The summed E-state index contributed by atoms with van der Waals surface area (Å²) in [5.41, 5.74) is 2.12. The maximum Gasteiger partial charge on any atom is 0.344 e. The van der Waals surface area contributed by atoms with Crippen LogP contribution < -0.4 is 14.8 Å². The number of carbonyl (C=O) groups is 2. The first-order chi connectivity index (χ1) is 13.3. The van der Waals surface area contributed by atoms with Gasteiger partial charge in [-0.15, -0.1) is 0 Å². The molecule has 28 heavy (non-hydrogen) atoms. The molecule has 2 rings (SSSR count). The molecule has 0 aromatic heterocycles. The van der Waals surface area contributed by atoms with Crippen LogP contribution in [0.1, 0.15) is 31.9 Å². The Morgan fingerprint density at radius 3 is 2.32 bits per heavy atom. The molecule has 0 heterocycles. The molecule has 1 amide bonds. The van der Waals surface area contributed by atoms with Crippen LogP contribution in [0.2, 0.25) is 0 Å². The fraction of sp³-hybridized carbons (Fsp3) is 0.364. The quantitative estimate of drug-likeness (QED) is 0.706. The van der Waals surface area contributed by atoms with Crippen molar-refractivity contribution in [3.63, 3.8) is 0 Å². The number of ether oxygens (including phenoxy) is 3. The third kappa shape index (κ3) is 6.95. The van der Waals surface area contributed by atoms with Crippen LogP contribution in [0.3, 0.4) is 0 Å². The molecule has 0 aliphatic heterocycles. The Bertz CT molecular complexity index is 793. The van der Waals surface area contributed by atoms with Gasteiger partial charge in [0.25, 0.3) is 5.91 Å². The van der Waals surface area contributed by atoms with Gasteiger partial charge in [0.2, 0.25) is 0 Å². The number of methoxy groups -OCH3 is 1. The van der Waals surface area contributed by atoms with Crippen LogP contribution in [0.15, 0.2) is 48.5 Å². The molecule has 0 saturated heterocycles. The summed E-state index contributed by atoms with van der Waals surface area (Å²) < 4.78 is 15.5. The molecule has 0 spiro atoms. The van der Waals surface area contributed by atoms with Gasteiger partial charge in [-0.2, -0.15) is 0 Å². The van der Waals surface area contributed by atoms with Gasteiger partial charge >= 0.3 is 5.97 Å². The highest BCUT2D eigenvalue weighted by Crippen LogP contribution is 2.24. The third-order valence-electron chi connectivity index (χ3n) is 4.07. The second kappa shape index (κ2) is 9.78. The molecule has 0 atom stereocenters. The number of hydrogen-bond acceptors (Lipinski definition) is 5. The van der Waals surface area contributed by atoms with Gasteiger partial charge < -0.3 is 19.5 Å². The number of rotatable bonds is 8. The molecule has 0 aliphatic carbocycles. The Hall–Kier alpha value is -3.02. The average molecular weight is 385 g/mol. The highest BCUT2D eigenvalue weighted by Gasteiger charge is 2.13. The number of hydrogen-bond donors (Lipinski definition) is 1. The molecule has 2 aromatic rings. The summed E-state index contributed by atoms with van der Waals surface area (Å²) >= 11 is 0. The molecule has 1 N–H and O–H groups in total. The van der Waals surface area contributed by atoms with Gasteiger partial charge in [-0.05, 0) is 40.8 Å². The molecule has 0 fully saturated rings. The zero-order valence-electron chi connectivity index (χ0n) is 16.8. The molecule has 0 bridgehead atoms. The smallest absolute Gasteiger partial charge is 0.344 e. The van der Waals surface area contributed by atoms with Crippen LogP contribution in [0.25, 0.3) is 0 Å². The molecule has 0 unspecified atom stereocenters. The van der Waals surface area contributed by atoms with Crippen LogP contribution in [0.4, 0.5) is 0 Å². The molecule has 2 aromatic carbocycles. The van der Waals surface area contributed by atoms with Crippen molar-refractivity contribution in [1.82, 2.24) is 5.32 Å². The SMILES string of the molecule is COc1cccc(CNC(=O)COC(=O)COc2ccc(C(C)(C)C)cc2)c1. The third-order valence-corrected chi connectivity index (χ3v) is 4.07. The van der Waals surface area contributed by atoms with E-state index in [2.05, 4.69) is 26.1 Å². The summed E-state index contributed by atoms with van der Waals surface area (Å²) in [5.74, 6) is 0.306. The molecule has 0 radical (unpaired) electrons. The summed E-state index contributed by atoms with van der Waals surface area (Å²) in [6.45, 7) is 6.09. The summed E-state index contributed by atoms with van der Waals surface area (Å²) in [7, 11) is 1.58. The standard InChI is InChI=1S/C22H27NO5/c1-22(2,3)17-8-10-18(11-9-17)27-15-21(25)28-14-20(24)23-13-16-6-5-7-19(12-16)26-4/h5-12H,13-15H2,1-4H3,(H,23,24). The van der Waals surface area contributed by atoms with E-state index in [1.165, 1.54) is 5.56 Å². The van der Waals surface area contributed by atoms with Crippen molar-refractivity contribution >= 4 is 11.9 Å². The normalized spacial score (nSPS) is 10.9. The number of nitrogens with one attached hydrogen (secondary N) is 1. The first-order valence-electron chi connectivity index (χ1n) is 9.06. The Morgan fingerprint density at radius 2 is 1.68 bits per heavy atom. The molecular formula is C22H27NO5. The van der Waals surface area contributed by atoms with Gasteiger partial charge in [-0.1, -0.05) is 45.0 Å². The van der Waals surface area contributed by atoms with Crippen molar-refractivity contribution in [3.8, 4) is 11.5 Å². The van der Waals surface area contributed by atoms with Gasteiger partial charge in [0.1, 0.15) is 11.5 Å². The molecule has 6 heteroatoms. The van der Waals surface area contributed by atoms with E-state index in [4.69, 9.17) is 14.2 Å². The van der Waals surface area contributed by atoms with E-state index in [1.54, 1.807) is 7.11 Å². The predicted molar refractivity (Wildman–Crippen MR) is 106 cm³/mol. The number of benzene rings is 2. The average Bonchev–Trinajstić information content (AvgIpc) is 2.69. The molecule has 0 saturated carbocycles. The van der Waals surface area contributed by atoms with Crippen molar-refractivity contribution in [2.24, 2.45) is 0 Å². The van der Waals surface area contributed by atoms with Gasteiger partial charge in [0.15, 0.2) is 13.2 Å². The van der Waals surface area contributed by atoms with Gasteiger partial charge in [0.05, 0.1) is 7.11 Å². The minimum Gasteiger partial charge on any atom is -0.497 e. The van der Waals surface area contributed by atoms with E-state index in [1.807, 2.05) is 48.5 Å². The van der Waals surface area contributed by atoms with E-state index < -0.39 is 5.97 Å². The van der Waals surface area contributed by atoms with Gasteiger partial charge in [0, 0.05) is 6.54 Å². The van der Waals surface area contributed by atoms with Crippen LogP contribution in [0, 0.1) is 0 Å². The highest BCUT2D eigenvalue weighted by atomic mass is 16.6. The number of carbonyl (C=O) groups excluding carboxylic acids is 2. The fourth-order valence-electron chi connectivity index (χ4n) is 2.42. The first-order valence-corrected chi connectivity index (χ1v) is 9.06. The Balaban J connectivity index is 1.69. The van der Waals surface area contributed by atoms with Crippen molar-refractivity contribution < 1.29 is 23.8 Å². The molecule has 0 aliphatic rings. The largest absolute Gasteiger partial charge is 0.497 e. The van der Waals surface area contributed by atoms with Gasteiger partial charge in [-0.3, -0.25) is 4.79 Å². The van der Waals surface area contributed by atoms with Crippen molar-refractivity contribution in [2.45, 2.75) is 32.7 Å². The molecule has 6 nitrogen and oxygen atoms in total. The summed E-state index contributed by atoms with van der Waals surface area (Å²) in [4.78, 5) is 23.6. The van der Waals surface area contributed by atoms with Crippen LogP contribution in [-0.2, 0) is 26.3 Å². The second-order valence-corrected chi connectivity index (χ2v) is 7.35. The highest BCUT2D eigenvalue weighted by molar-refractivity contribution is 5.80. The summed E-state index contributed by atoms with van der Waals surface area (Å²) in [6.07, 6.45) is 0. The Morgan fingerprint density at radius 1 is 0.964 bits per heavy atom. The van der Waals surface area contributed by atoms with Crippen molar-refractivity contribution in [3.05, 3.63) is 59.7 Å². The van der Waals surface area contributed by atoms with Crippen LogP contribution in [-0.4, -0.2) is 32.2 Å². The zero-order valence-corrected chi connectivity index (χ0v) is 16.8. The predicted octanol–water partition coefficient (Wildman–Crippen LogP) is 3.23. The van der Waals surface area contributed by atoms with Crippen molar-refractivity contribution in [1.29, 1.82) is 0 Å². The zero-order chi connectivity index (χ0) is 20.6. The summed E-state index contributed by atoms with van der Waals surface area (Å²) in [6, 6.07) is 14.9. The van der Waals surface area contributed by atoms with Crippen LogP contribution in [0.5, 0.6) is 11.5 Å². The van der Waals surface area contributed by atoms with E-state index in [9.17, 15) is 9.59 Å². The summed E-state index contributed by atoms with van der Waals surface area (Å²) in [5, 5.41) is 2.69. The fourth-order valence-corrected chi connectivity index (χ4v) is 2.42. The number of esters is 1. The number of amides is 1. The maximum absolute atomic E-state index is 11.8. The maximum atomic E-state index is 11.8. The lowest BCUT2D eigenvalue weighted by Gasteiger charge is -2.19. The first kappa shape index (κ1) is 21.3. The topological polar surface area (TPSA) is 73.9 Å². The second-order valence-electron chi connectivity index (χ2n) is 7.35. The van der Waals surface area contributed by atoms with Crippen LogP contribution >= 0.6 is 0 Å². The van der Waals surface area contributed by atoms with Crippen molar-refractivity contribution in [2.75, 3.05) is 20.3 Å². The van der Waals surface area contributed by atoms with E-state index in [0.29, 0.717) is 18.0 Å². The lowest BCUT2D eigenvalue weighted by Crippen LogP contribution is -2.29. The Labute approximate surface area is 165 Å². The molecular weight excluding hydrogens is 358 g/mol. The van der Waals surface area contributed by atoms with E-state index >= 15 is 0 Å². The monoisotopic (exact) mass is 385 g/mol. The minimum atomic E-state index is -0.601.